The standard InChI is InChI=1S/C17H27NO3/c1-13-6-7-14(2)17(9-13)21-12-16(19)10-18-8-4-5-15(18)11-20-3/h6-7,9,15-16,19H,4-5,8,10-12H2,1-3H3. The molecular weight excluding hydrogens is 266 g/mol. The lowest BCUT2D eigenvalue weighted by Crippen LogP contribution is -2.40. The normalized spacial score (nSPS) is 20.7. The molecule has 0 aromatic heterocycles. The molecule has 2 rings (SSSR count). The molecule has 4 nitrogen and oxygen atoms in total. The Morgan fingerprint density at radius 1 is 1.38 bits per heavy atom. The molecule has 1 aliphatic rings. The zero-order valence-corrected chi connectivity index (χ0v) is 13.3. The van der Waals surface area contributed by atoms with Crippen LogP contribution in [0.2, 0.25) is 0 Å². The van der Waals surface area contributed by atoms with Crippen molar-refractivity contribution < 1.29 is 14.6 Å². The van der Waals surface area contributed by atoms with Crippen LogP contribution in [0.3, 0.4) is 0 Å². The number of ether oxygens (including phenoxy) is 2. The lowest BCUT2D eigenvalue weighted by Gasteiger charge is -2.26. The molecule has 1 heterocycles. The average Bonchev–Trinajstić information content (AvgIpc) is 2.87. The number of methoxy groups -OCH3 is 1. The van der Waals surface area contributed by atoms with Crippen LogP contribution < -0.4 is 4.74 Å². The van der Waals surface area contributed by atoms with Gasteiger partial charge in [0.1, 0.15) is 18.5 Å². The Labute approximate surface area is 127 Å². The van der Waals surface area contributed by atoms with Crippen LogP contribution >= 0.6 is 0 Å². The molecule has 1 aliphatic heterocycles. The van der Waals surface area contributed by atoms with E-state index in [0.717, 1.165) is 30.9 Å². The Morgan fingerprint density at radius 3 is 2.95 bits per heavy atom. The van der Waals surface area contributed by atoms with Gasteiger partial charge in [0.05, 0.1) is 6.61 Å². The molecule has 0 spiro atoms. The summed E-state index contributed by atoms with van der Waals surface area (Å²) in [6.07, 6.45) is 1.86. The number of β-amino-alcohol motifs (C(OH)–C–C–N with tert-alkyl or cyclic N) is 1. The lowest BCUT2D eigenvalue weighted by molar-refractivity contribution is 0.0457. The maximum atomic E-state index is 10.2. The number of aliphatic hydroxyl groups excluding tert-OH is 1. The summed E-state index contributed by atoms with van der Waals surface area (Å²) in [7, 11) is 1.73. The zero-order chi connectivity index (χ0) is 15.2. The molecule has 21 heavy (non-hydrogen) atoms. The van der Waals surface area contributed by atoms with Crippen LogP contribution in [0.25, 0.3) is 0 Å². The molecule has 1 aromatic carbocycles. The van der Waals surface area contributed by atoms with E-state index >= 15 is 0 Å². The smallest absolute Gasteiger partial charge is 0.122 e. The maximum Gasteiger partial charge on any atom is 0.122 e. The van der Waals surface area contributed by atoms with Crippen LogP contribution in [0.4, 0.5) is 0 Å². The molecule has 0 radical (unpaired) electrons. The van der Waals surface area contributed by atoms with Gasteiger partial charge >= 0.3 is 0 Å². The first-order valence-corrected chi connectivity index (χ1v) is 7.71. The SMILES string of the molecule is COCC1CCCN1CC(O)COc1cc(C)ccc1C. The highest BCUT2D eigenvalue weighted by atomic mass is 16.5. The topological polar surface area (TPSA) is 41.9 Å². The van der Waals surface area contributed by atoms with Crippen LogP contribution in [0.1, 0.15) is 24.0 Å². The third-order valence-corrected chi connectivity index (χ3v) is 4.08. The van der Waals surface area contributed by atoms with Gasteiger partial charge in [0.15, 0.2) is 0 Å². The third kappa shape index (κ3) is 4.70. The van der Waals surface area contributed by atoms with Crippen molar-refractivity contribution in [2.24, 2.45) is 0 Å². The van der Waals surface area contributed by atoms with Crippen LogP contribution in [0.5, 0.6) is 5.75 Å². The molecule has 0 bridgehead atoms. The van der Waals surface area contributed by atoms with E-state index in [0.29, 0.717) is 19.2 Å². The van der Waals surface area contributed by atoms with Gasteiger partial charge in [0, 0.05) is 19.7 Å². The van der Waals surface area contributed by atoms with Gasteiger partial charge in [-0.1, -0.05) is 12.1 Å². The molecular formula is C17H27NO3. The first kappa shape index (κ1) is 16.3. The number of aryl methyl sites for hydroxylation is 2. The van der Waals surface area contributed by atoms with Crippen molar-refractivity contribution in [3.8, 4) is 5.75 Å². The Kier molecular flexibility index (Phi) is 6.03. The molecule has 1 saturated heterocycles. The minimum absolute atomic E-state index is 0.334. The number of likely N-dealkylation sites (tertiary alicyclic amines) is 1. The van der Waals surface area contributed by atoms with E-state index < -0.39 is 6.10 Å². The highest BCUT2D eigenvalue weighted by Crippen LogP contribution is 2.20. The highest BCUT2D eigenvalue weighted by molar-refractivity contribution is 5.35. The molecule has 1 aromatic rings. The van der Waals surface area contributed by atoms with Gasteiger partial charge in [-0.3, -0.25) is 4.90 Å². The van der Waals surface area contributed by atoms with E-state index in [9.17, 15) is 5.11 Å². The number of benzene rings is 1. The fraction of sp³-hybridized carbons (Fsp3) is 0.647. The minimum atomic E-state index is -0.470. The fourth-order valence-electron chi connectivity index (χ4n) is 2.89. The zero-order valence-electron chi connectivity index (χ0n) is 13.3. The quantitative estimate of drug-likeness (QED) is 0.836. The summed E-state index contributed by atoms with van der Waals surface area (Å²) in [4.78, 5) is 2.31. The summed E-state index contributed by atoms with van der Waals surface area (Å²) in [6, 6.07) is 6.57. The molecule has 0 saturated carbocycles. The first-order chi connectivity index (χ1) is 10.1. The second-order valence-electron chi connectivity index (χ2n) is 5.98. The van der Waals surface area contributed by atoms with Crippen molar-refractivity contribution in [2.75, 3.05) is 33.4 Å². The van der Waals surface area contributed by atoms with Crippen LogP contribution in [0, 0.1) is 13.8 Å². The summed E-state index contributed by atoms with van der Waals surface area (Å²) in [6.45, 7) is 6.83. The minimum Gasteiger partial charge on any atom is -0.491 e. The van der Waals surface area contributed by atoms with E-state index in [2.05, 4.69) is 11.0 Å². The van der Waals surface area contributed by atoms with E-state index in [4.69, 9.17) is 9.47 Å². The number of hydrogen-bond donors (Lipinski definition) is 1. The van der Waals surface area contributed by atoms with Crippen molar-refractivity contribution in [1.82, 2.24) is 4.90 Å². The van der Waals surface area contributed by atoms with Crippen molar-refractivity contribution >= 4 is 0 Å². The van der Waals surface area contributed by atoms with E-state index in [-0.39, 0.29) is 0 Å². The van der Waals surface area contributed by atoms with Crippen molar-refractivity contribution in [3.63, 3.8) is 0 Å². The predicted molar refractivity (Wildman–Crippen MR) is 83.9 cm³/mol. The number of aliphatic hydroxyl groups is 1. The molecule has 118 valence electrons. The molecule has 1 N–H and O–H groups in total. The Balaban J connectivity index is 1.81. The Bertz CT molecular complexity index is 450. The van der Waals surface area contributed by atoms with Gasteiger partial charge in [0.2, 0.25) is 0 Å². The summed E-state index contributed by atoms with van der Waals surface area (Å²) < 4.78 is 11.0. The average molecular weight is 293 g/mol. The maximum absolute atomic E-state index is 10.2. The molecule has 1 fully saturated rings. The third-order valence-electron chi connectivity index (χ3n) is 4.08. The monoisotopic (exact) mass is 293 g/mol. The van der Waals surface area contributed by atoms with Crippen molar-refractivity contribution in [2.45, 2.75) is 38.8 Å². The first-order valence-electron chi connectivity index (χ1n) is 7.71. The van der Waals surface area contributed by atoms with Crippen LogP contribution in [0.15, 0.2) is 18.2 Å². The van der Waals surface area contributed by atoms with Gasteiger partial charge in [-0.15, -0.1) is 0 Å². The molecule has 0 amide bonds. The lowest BCUT2D eigenvalue weighted by atomic mass is 10.1. The Morgan fingerprint density at radius 2 is 2.19 bits per heavy atom. The molecule has 4 heteroatoms. The molecule has 2 atom stereocenters. The van der Waals surface area contributed by atoms with E-state index in [1.54, 1.807) is 7.11 Å². The highest BCUT2D eigenvalue weighted by Gasteiger charge is 2.26. The van der Waals surface area contributed by atoms with Crippen molar-refractivity contribution in [3.05, 3.63) is 29.3 Å². The fourth-order valence-corrected chi connectivity index (χ4v) is 2.89. The Hall–Kier alpha value is -1.10. The summed E-state index contributed by atoms with van der Waals surface area (Å²) in [5.74, 6) is 0.865. The van der Waals surface area contributed by atoms with Crippen molar-refractivity contribution in [1.29, 1.82) is 0 Å². The van der Waals surface area contributed by atoms with Gasteiger partial charge < -0.3 is 14.6 Å². The summed E-state index contributed by atoms with van der Waals surface area (Å²) in [5, 5.41) is 10.2. The number of rotatable bonds is 7. The summed E-state index contributed by atoms with van der Waals surface area (Å²) >= 11 is 0. The summed E-state index contributed by atoms with van der Waals surface area (Å²) in [5.41, 5.74) is 2.27. The molecule has 0 aliphatic carbocycles. The van der Waals surface area contributed by atoms with Gasteiger partial charge in [0.25, 0.3) is 0 Å². The van der Waals surface area contributed by atoms with Gasteiger partial charge in [-0.05, 0) is 50.4 Å². The largest absolute Gasteiger partial charge is 0.491 e. The van der Waals surface area contributed by atoms with E-state index in [1.165, 1.54) is 12.0 Å². The van der Waals surface area contributed by atoms with Gasteiger partial charge in [-0.25, -0.2) is 0 Å². The molecule has 2 unspecified atom stereocenters. The van der Waals surface area contributed by atoms with E-state index in [1.807, 2.05) is 26.0 Å². The van der Waals surface area contributed by atoms with Crippen LogP contribution in [-0.4, -0.2) is 55.6 Å². The second kappa shape index (κ2) is 7.78. The van der Waals surface area contributed by atoms with Gasteiger partial charge in [-0.2, -0.15) is 0 Å². The second-order valence-corrected chi connectivity index (χ2v) is 5.98. The number of nitrogens with zero attached hydrogens (tertiary/aromatic N) is 1. The predicted octanol–water partition coefficient (Wildman–Crippen LogP) is 2.15. The van der Waals surface area contributed by atoms with Crippen LogP contribution in [-0.2, 0) is 4.74 Å². The number of hydrogen-bond acceptors (Lipinski definition) is 4.